The summed E-state index contributed by atoms with van der Waals surface area (Å²) in [6, 6.07) is 16.3. The molecule has 2 aromatic rings. The van der Waals surface area contributed by atoms with Crippen LogP contribution in [-0.2, 0) is 16.0 Å². The molecule has 4 rings (SSSR count). The van der Waals surface area contributed by atoms with Crippen molar-refractivity contribution in [2.24, 2.45) is 5.92 Å². The van der Waals surface area contributed by atoms with Crippen molar-refractivity contribution in [1.29, 1.82) is 0 Å². The van der Waals surface area contributed by atoms with E-state index >= 15 is 0 Å². The summed E-state index contributed by atoms with van der Waals surface area (Å²) in [5, 5.41) is 0. The second-order valence-electron chi connectivity index (χ2n) is 8.48. The van der Waals surface area contributed by atoms with Gasteiger partial charge < -0.3 is 14.7 Å². The molecule has 0 saturated carbocycles. The minimum Gasteiger partial charge on any atom is -0.370 e. The molecule has 31 heavy (non-hydrogen) atoms. The topological polar surface area (TPSA) is 43.9 Å². The van der Waals surface area contributed by atoms with Gasteiger partial charge in [0.15, 0.2) is 0 Å². The maximum absolute atomic E-state index is 13.2. The van der Waals surface area contributed by atoms with E-state index in [0.29, 0.717) is 19.5 Å². The zero-order chi connectivity index (χ0) is 21.6. The predicted octanol–water partition coefficient (Wildman–Crippen LogP) is 3.35. The van der Waals surface area contributed by atoms with Gasteiger partial charge >= 0.3 is 0 Å². The molecule has 2 aliphatic rings. The van der Waals surface area contributed by atoms with Crippen molar-refractivity contribution in [2.75, 3.05) is 44.2 Å². The number of amides is 2. The maximum atomic E-state index is 13.2. The average Bonchev–Trinajstić information content (AvgIpc) is 3.06. The number of likely N-dealkylation sites (tertiary alicyclic amines) is 1. The van der Waals surface area contributed by atoms with Crippen LogP contribution in [0.5, 0.6) is 0 Å². The second-order valence-corrected chi connectivity index (χ2v) is 8.48. The molecule has 1 unspecified atom stereocenters. The first-order chi connectivity index (χ1) is 15.1. The quantitative estimate of drug-likeness (QED) is 0.758. The van der Waals surface area contributed by atoms with E-state index < -0.39 is 0 Å². The minimum atomic E-state index is -0.237. The molecule has 0 radical (unpaired) electrons. The normalized spacial score (nSPS) is 19.8. The van der Waals surface area contributed by atoms with Gasteiger partial charge in [-0.1, -0.05) is 30.3 Å². The van der Waals surface area contributed by atoms with Gasteiger partial charge in [0.1, 0.15) is 5.82 Å². The highest BCUT2D eigenvalue weighted by Crippen LogP contribution is 2.22. The number of carbonyl (C=O) groups is 2. The van der Waals surface area contributed by atoms with Crippen LogP contribution in [0, 0.1) is 11.7 Å². The van der Waals surface area contributed by atoms with E-state index in [4.69, 9.17) is 0 Å². The Morgan fingerprint density at radius 1 is 0.839 bits per heavy atom. The first-order valence-corrected chi connectivity index (χ1v) is 11.2. The van der Waals surface area contributed by atoms with Crippen LogP contribution in [0.4, 0.5) is 10.1 Å². The molecular weight excluding hydrogens is 393 g/mol. The molecule has 0 bridgehead atoms. The molecule has 2 fully saturated rings. The fourth-order valence-corrected chi connectivity index (χ4v) is 4.59. The lowest BCUT2D eigenvalue weighted by Gasteiger charge is -2.35. The largest absolute Gasteiger partial charge is 0.370 e. The summed E-state index contributed by atoms with van der Waals surface area (Å²) in [5.74, 6) is -0.0925. The second kappa shape index (κ2) is 9.94. The Morgan fingerprint density at radius 2 is 1.58 bits per heavy atom. The Balaban J connectivity index is 1.33. The van der Waals surface area contributed by atoms with E-state index in [9.17, 15) is 14.0 Å². The zero-order valence-electron chi connectivity index (χ0n) is 17.9. The van der Waals surface area contributed by atoms with E-state index in [0.717, 1.165) is 56.7 Å². The lowest BCUT2D eigenvalue weighted by Crippen LogP contribution is -2.47. The van der Waals surface area contributed by atoms with Crippen LogP contribution >= 0.6 is 0 Å². The lowest BCUT2D eigenvalue weighted by molar-refractivity contribution is -0.140. The van der Waals surface area contributed by atoms with Crippen molar-refractivity contribution in [2.45, 2.75) is 25.7 Å². The zero-order valence-corrected chi connectivity index (χ0v) is 17.9. The van der Waals surface area contributed by atoms with Crippen LogP contribution in [0.1, 0.15) is 24.8 Å². The van der Waals surface area contributed by atoms with Crippen molar-refractivity contribution >= 4 is 17.5 Å². The number of nitrogens with zero attached hydrogens (tertiary/aromatic N) is 3. The highest BCUT2D eigenvalue weighted by atomic mass is 19.1. The van der Waals surface area contributed by atoms with Crippen LogP contribution in [0.3, 0.4) is 0 Å². The molecule has 0 aromatic heterocycles. The van der Waals surface area contributed by atoms with Crippen LogP contribution < -0.4 is 4.90 Å². The smallest absolute Gasteiger partial charge is 0.227 e. The number of anilines is 1. The Kier molecular flexibility index (Phi) is 6.85. The molecule has 2 aromatic carbocycles. The van der Waals surface area contributed by atoms with Crippen molar-refractivity contribution in [1.82, 2.24) is 9.80 Å². The molecule has 164 valence electrons. The van der Waals surface area contributed by atoms with Crippen LogP contribution in [0.15, 0.2) is 54.6 Å². The Labute approximate surface area is 183 Å². The van der Waals surface area contributed by atoms with Crippen LogP contribution in [0.25, 0.3) is 0 Å². The van der Waals surface area contributed by atoms with E-state index in [1.54, 1.807) is 12.1 Å². The standard InChI is InChI=1S/C25H30FN3O2/c26-22-9-11-23(12-10-22)27-14-5-15-28(17-16-27)25(31)21-8-4-13-29(19-21)24(30)18-20-6-2-1-3-7-20/h1-3,6-7,9-12,21H,4-5,8,13-19H2. The van der Waals surface area contributed by atoms with Gasteiger partial charge in [-0.05, 0) is 49.1 Å². The van der Waals surface area contributed by atoms with Gasteiger partial charge in [0, 0.05) is 45.0 Å². The summed E-state index contributed by atoms with van der Waals surface area (Å²) in [6.07, 6.45) is 2.98. The number of halogens is 1. The highest BCUT2D eigenvalue weighted by Gasteiger charge is 2.32. The van der Waals surface area contributed by atoms with E-state index in [1.807, 2.05) is 40.1 Å². The maximum Gasteiger partial charge on any atom is 0.227 e. The summed E-state index contributed by atoms with van der Waals surface area (Å²) in [7, 11) is 0. The number of hydrogen-bond acceptors (Lipinski definition) is 3. The SMILES string of the molecule is O=C(Cc1ccccc1)N1CCCC(C(=O)N2CCCN(c3ccc(F)cc3)CC2)C1. The van der Waals surface area contributed by atoms with Gasteiger partial charge in [0.2, 0.25) is 11.8 Å². The van der Waals surface area contributed by atoms with Gasteiger partial charge in [-0.15, -0.1) is 0 Å². The van der Waals surface area contributed by atoms with Crippen LogP contribution in [0.2, 0.25) is 0 Å². The molecule has 2 heterocycles. The van der Waals surface area contributed by atoms with Crippen molar-refractivity contribution < 1.29 is 14.0 Å². The molecule has 2 amide bonds. The third-order valence-electron chi connectivity index (χ3n) is 6.32. The van der Waals surface area contributed by atoms with Crippen molar-refractivity contribution in [3.05, 3.63) is 66.0 Å². The average molecular weight is 424 g/mol. The molecule has 0 spiro atoms. The Hall–Kier alpha value is -2.89. The Bertz CT molecular complexity index is 887. The molecule has 1 atom stereocenters. The summed E-state index contributed by atoms with van der Waals surface area (Å²) >= 11 is 0. The number of rotatable bonds is 4. The molecule has 0 N–H and O–H groups in total. The molecular formula is C25H30FN3O2. The first-order valence-electron chi connectivity index (χ1n) is 11.2. The molecule has 0 aliphatic carbocycles. The van der Waals surface area contributed by atoms with Gasteiger partial charge in [-0.2, -0.15) is 0 Å². The van der Waals surface area contributed by atoms with E-state index in [1.165, 1.54) is 12.1 Å². The van der Waals surface area contributed by atoms with Crippen LogP contribution in [-0.4, -0.2) is 60.9 Å². The fourth-order valence-electron chi connectivity index (χ4n) is 4.59. The van der Waals surface area contributed by atoms with Gasteiger partial charge in [0.05, 0.1) is 12.3 Å². The Morgan fingerprint density at radius 3 is 2.35 bits per heavy atom. The number of benzene rings is 2. The highest BCUT2D eigenvalue weighted by molar-refractivity contribution is 5.82. The van der Waals surface area contributed by atoms with E-state index in [2.05, 4.69) is 4.90 Å². The predicted molar refractivity (Wildman–Crippen MR) is 119 cm³/mol. The third-order valence-corrected chi connectivity index (χ3v) is 6.32. The van der Waals surface area contributed by atoms with Crippen molar-refractivity contribution in [3.8, 4) is 0 Å². The fraction of sp³-hybridized carbons (Fsp3) is 0.440. The summed E-state index contributed by atoms with van der Waals surface area (Å²) in [4.78, 5) is 32.0. The molecule has 5 nitrogen and oxygen atoms in total. The molecule has 6 heteroatoms. The van der Waals surface area contributed by atoms with Gasteiger partial charge in [0.25, 0.3) is 0 Å². The lowest BCUT2D eigenvalue weighted by atomic mass is 9.95. The minimum absolute atomic E-state index is 0.0991. The summed E-state index contributed by atoms with van der Waals surface area (Å²) < 4.78 is 13.2. The third kappa shape index (κ3) is 5.43. The van der Waals surface area contributed by atoms with Gasteiger partial charge in [-0.3, -0.25) is 9.59 Å². The number of hydrogen-bond donors (Lipinski definition) is 0. The summed E-state index contributed by atoms with van der Waals surface area (Å²) in [5.41, 5.74) is 2.00. The number of carbonyl (C=O) groups excluding carboxylic acids is 2. The first kappa shape index (κ1) is 21.3. The monoisotopic (exact) mass is 423 g/mol. The molecule has 2 aliphatic heterocycles. The van der Waals surface area contributed by atoms with E-state index in [-0.39, 0.29) is 23.5 Å². The van der Waals surface area contributed by atoms with Gasteiger partial charge in [-0.25, -0.2) is 4.39 Å². The van der Waals surface area contributed by atoms with Crippen molar-refractivity contribution in [3.63, 3.8) is 0 Å². The number of piperidine rings is 1. The summed E-state index contributed by atoms with van der Waals surface area (Å²) in [6.45, 7) is 4.22. The molecule has 2 saturated heterocycles.